The van der Waals surface area contributed by atoms with E-state index in [0.717, 1.165) is 44.9 Å². The molecule has 0 aliphatic heterocycles. The lowest BCUT2D eigenvalue weighted by molar-refractivity contribution is -0.116. The van der Waals surface area contributed by atoms with Crippen molar-refractivity contribution in [3.8, 4) is 0 Å². The van der Waals surface area contributed by atoms with Crippen LogP contribution in [0.15, 0.2) is 46.6 Å². The molecule has 142 valence electrons. The molecule has 0 aromatic carbocycles. The summed E-state index contributed by atoms with van der Waals surface area (Å²) in [6.45, 7) is 12.7. The van der Waals surface area contributed by atoms with Gasteiger partial charge in [-0.05, 0) is 86.0 Å². The van der Waals surface area contributed by atoms with Crippen LogP contribution in [0, 0.1) is 0 Å². The Morgan fingerprint density at radius 3 is 1.60 bits per heavy atom. The van der Waals surface area contributed by atoms with E-state index >= 15 is 0 Å². The Morgan fingerprint density at radius 2 is 1.12 bits per heavy atom. The van der Waals surface area contributed by atoms with E-state index < -0.39 is 0 Å². The summed E-state index contributed by atoms with van der Waals surface area (Å²) in [4.78, 5) is 11.0. The molecule has 0 unspecified atom stereocenters. The highest BCUT2D eigenvalue weighted by Gasteiger charge is 1.97. The molecule has 0 fully saturated rings. The Hall–Kier alpha value is -1.37. The molecule has 0 rings (SSSR count). The summed E-state index contributed by atoms with van der Waals surface area (Å²) in [5.41, 5.74) is 5.90. The molecule has 0 aromatic heterocycles. The van der Waals surface area contributed by atoms with Crippen LogP contribution in [0.1, 0.15) is 99.3 Å². The summed E-state index contributed by atoms with van der Waals surface area (Å²) in [5.74, 6) is 0.284. The van der Waals surface area contributed by atoms with Crippen molar-refractivity contribution in [3.05, 3.63) is 46.6 Å². The number of rotatable bonds is 13. The van der Waals surface area contributed by atoms with E-state index in [4.69, 9.17) is 0 Å². The van der Waals surface area contributed by atoms with E-state index in [2.05, 4.69) is 58.9 Å². The molecule has 0 saturated heterocycles. The average Bonchev–Trinajstić information content (AvgIpc) is 2.52. The molecule has 1 nitrogen and oxygen atoms in total. The van der Waals surface area contributed by atoms with Crippen LogP contribution in [0.5, 0.6) is 0 Å². The van der Waals surface area contributed by atoms with E-state index in [9.17, 15) is 4.79 Å². The minimum atomic E-state index is 0.284. The number of Topliss-reactive ketones (excluding diaryl/α,β-unsaturated/α-hetero) is 1. The van der Waals surface area contributed by atoms with Gasteiger partial charge in [-0.2, -0.15) is 0 Å². The van der Waals surface area contributed by atoms with E-state index in [1.165, 1.54) is 28.7 Å². The Bertz CT molecular complexity index is 496. The zero-order chi connectivity index (χ0) is 19.1. The quantitative estimate of drug-likeness (QED) is 0.310. The number of hydrogen-bond acceptors (Lipinski definition) is 1. The Morgan fingerprint density at radius 1 is 0.640 bits per heavy atom. The molecular weight excluding hydrogens is 304 g/mol. The summed E-state index contributed by atoms with van der Waals surface area (Å²) >= 11 is 0. The minimum Gasteiger partial charge on any atom is -0.300 e. The van der Waals surface area contributed by atoms with E-state index in [1.807, 2.05) is 0 Å². The zero-order valence-corrected chi connectivity index (χ0v) is 17.6. The van der Waals surface area contributed by atoms with Gasteiger partial charge in [0.15, 0.2) is 0 Å². The highest BCUT2D eigenvalue weighted by molar-refractivity contribution is 5.75. The highest BCUT2D eigenvalue weighted by Crippen LogP contribution is 2.15. The molecule has 0 radical (unpaired) electrons. The predicted octanol–water partition coefficient (Wildman–Crippen LogP) is 7.89. The second kappa shape index (κ2) is 14.9. The van der Waals surface area contributed by atoms with Gasteiger partial charge in [0, 0.05) is 6.42 Å². The lowest BCUT2D eigenvalue weighted by Crippen LogP contribution is -1.89. The number of allylic oxidation sites excluding steroid dienone is 8. The fourth-order valence-electron chi connectivity index (χ4n) is 2.75. The Balaban J connectivity index is 4.11. The van der Waals surface area contributed by atoms with Crippen molar-refractivity contribution in [2.45, 2.75) is 99.3 Å². The van der Waals surface area contributed by atoms with Gasteiger partial charge < -0.3 is 4.79 Å². The first-order valence-electron chi connectivity index (χ1n) is 9.97. The fourth-order valence-corrected chi connectivity index (χ4v) is 2.75. The van der Waals surface area contributed by atoms with Gasteiger partial charge in [0.25, 0.3) is 0 Å². The van der Waals surface area contributed by atoms with Gasteiger partial charge in [0.2, 0.25) is 0 Å². The fraction of sp³-hybridized carbons (Fsp3) is 0.625. The van der Waals surface area contributed by atoms with Crippen molar-refractivity contribution >= 4 is 5.78 Å². The van der Waals surface area contributed by atoms with Crippen LogP contribution in [0.25, 0.3) is 0 Å². The van der Waals surface area contributed by atoms with Crippen molar-refractivity contribution in [2.75, 3.05) is 0 Å². The number of ketones is 1. The molecule has 1 heteroatoms. The van der Waals surface area contributed by atoms with Gasteiger partial charge in [0.1, 0.15) is 5.78 Å². The van der Waals surface area contributed by atoms with E-state index in [0.29, 0.717) is 6.42 Å². The van der Waals surface area contributed by atoms with Gasteiger partial charge in [-0.25, -0.2) is 0 Å². The van der Waals surface area contributed by atoms with Crippen LogP contribution >= 0.6 is 0 Å². The molecule has 0 spiro atoms. The molecule has 0 amide bonds. The van der Waals surface area contributed by atoms with Crippen LogP contribution in [-0.2, 0) is 4.79 Å². The summed E-state index contributed by atoms with van der Waals surface area (Å²) < 4.78 is 0. The molecule has 0 aromatic rings. The molecule has 0 aliphatic carbocycles. The van der Waals surface area contributed by atoms with Gasteiger partial charge in [-0.3, -0.25) is 0 Å². The molecule has 0 heterocycles. The van der Waals surface area contributed by atoms with Crippen LogP contribution in [0.4, 0.5) is 0 Å². The summed E-state index contributed by atoms with van der Waals surface area (Å²) in [5, 5.41) is 0. The Kier molecular flexibility index (Phi) is 14.1. The third-order valence-electron chi connectivity index (χ3n) is 4.46. The third kappa shape index (κ3) is 15.9. The molecule has 0 atom stereocenters. The minimum absolute atomic E-state index is 0.284. The second-order valence-corrected chi connectivity index (χ2v) is 7.46. The Labute approximate surface area is 157 Å². The monoisotopic (exact) mass is 344 g/mol. The largest absolute Gasteiger partial charge is 0.300 e. The van der Waals surface area contributed by atoms with Crippen molar-refractivity contribution in [1.82, 2.24) is 0 Å². The molecule has 0 N–H and O–H groups in total. The molecule has 0 bridgehead atoms. The maximum Gasteiger partial charge on any atom is 0.130 e. The van der Waals surface area contributed by atoms with Crippen molar-refractivity contribution in [3.63, 3.8) is 0 Å². The van der Waals surface area contributed by atoms with Gasteiger partial charge in [-0.1, -0.05) is 53.5 Å². The highest BCUT2D eigenvalue weighted by atomic mass is 16.1. The first kappa shape index (κ1) is 23.6. The van der Waals surface area contributed by atoms with Crippen LogP contribution < -0.4 is 0 Å². The lowest BCUT2D eigenvalue weighted by atomic mass is 10.0. The summed E-state index contributed by atoms with van der Waals surface area (Å²) in [7, 11) is 0. The topological polar surface area (TPSA) is 17.1 Å². The van der Waals surface area contributed by atoms with Crippen LogP contribution in [-0.4, -0.2) is 5.78 Å². The molecule has 25 heavy (non-hydrogen) atoms. The summed E-state index contributed by atoms with van der Waals surface area (Å²) in [6.07, 6.45) is 18.9. The first-order chi connectivity index (χ1) is 11.8. The number of carbonyl (C=O) groups is 1. The maximum absolute atomic E-state index is 11.0. The van der Waals surface area contributed by atoms with Crippen molar-refractivity contribution < 1.29 is 4.79 Å². The normalized spacial score (nSPS) is 13.1. The van der Waals surface area contributed by atoms with Gasteiger partial charge in [0.05, 0.1) is 0 Å². The van der Waals surface area contributed by atoms with Gasteiger partial charge >= 0.3 is 0 Å². The summed E-state index contributed by atoms with van der Waals surface area (Å²) in [6, 6.07) is 0. The standard InChI is InChI=1S/C24H40O/c1-7-24(19-11-17-23(6)25)18-10-16-22(5)15-9-14-21(4)13-8-12-20(2)3/h12,14,16,19H,7-11,13,15,17-18H2,1-6H3/b21-14+,22-16+,24-19+. The number of hydrogen-bond donors (Lipinski definition) is 0. The van der Waals surface area contributed by atoms with E-state index in [1.54, 1.807) is 6.92 Å². The maximum atomic E-state index is 11.0. The zero-order valence-electron chi connectivity index (χ0n) is 17.6. The number of carbonyl (C=O) groups excluding carboxylic acids is 1. The van der Waals surface area contributed by atoms with Crippen molar-refractivity contribution in [2.24, 2.45) is 0 Å². The van der Waals surface area contributed by atoms with Gasteiger partial charge in [-0.15, -0.1) is 0 Å². The molecular formula is C24H40O. The lowest BCUT2D eigenvalue weighted by Gasteiger charge is -2.04. The SMILES string of the molecule is CC/C(=C\CCC(C)=O)CC/C=C(\C)CC/C=C(\C)CCC=C(C)C. The second-order valence-electron chi connectivity index (χ2n) is 7.46. The first-order valence-corrected chi connectivity index (χ1v) is 9.97. The van der Waals surface area contributed by atoms with Crippen LogP contribution in [0.3, 0.4) is 0 Å². The predicted molar refractivity (Wildman–Crippen MR) is 113 cm³/mol. The van der Waals surface area contributed by atoms with Crippen LogP contribution in [0.2, 0.25) is 0 Å². The molecule has 0 saturated carbocycles. The average molecular weight is 345 g/mol. The van der Waals surface area contributed by atoms with Crippen molar-refractivity contribution in [1.29, 1.82) is 0 Å². The van der Waals surface area contributed by atoms with E-state index in [-0.39, 0.29) is 5.78 Å². The molecule has 0 aliphatic rings. The smallest absolute Gasteiger partial charge is 0.130 e. The third-order valence-corrected chi connectivity index (χ3v) is 4.46.